The smallest absolute Gasteiger partial charge is 0.193 e. The SMILES string of the molecule is CC(C)c1cccc(NC(N)=NCC2(S(C)=O)CCC2)c1. The van der Waals surface area contributed by atoms with Crippen LogP contribution in [0.15, 0.2) is 29.3 Å². The number of nitrogens with zero attached hydrogens (tertiary/aromatic N) is 1. The molecule has 1 fully saturated rings. The molecule has 1 aliphatic carbocycles. The second-order valence-electron chi connectivity index (χ2n) is 6.10. The Balaban J connectivity index is 2.00. The van der Waals surface area contributed by atoms with Crippen molar-refractivity contribution in [1.82, 2.24) is 0 Å². The number of hydrogen-bond acceptors (Lipinski definition) is 2. The van der Waals surface area contributed by atoms with Crippen LogP contribution in [0, 0.1) is 0 Å². The van der Waals surface area contributed by atoms with Gasteiger partial charge in [0.05, 0.1) is 11.3 Å². The van der Waals surface area contributed by atoms with Crippen molar-refractivity contribution in [3.05, 3.63) is 29.8 Å². The first-order valence-corrected chi connectivity index (χ1v) is 8.99. The molecule has 4 nitrogen and oxygen atoms in total. The van der Waals surface area contributed by atoms with Crippen molar-refractivity contribution in [1.29, 1.82) is 0 Å². The molecule has 0 heterocycles. The van der Waals surface area contributed by atoms with E-state index in [0.717, 1.165) is 24.9 Å². The predicted molar refractivity (Wildman–Crippen MR) is 91.3 cm³/mol. The zero-order valence-electron chi connectivity index (χ0n) is 13.1. The Kier molecular flexibility index (Phi) is 5.04. The zero-order chi connectivity index (χ0) is 15.5. The Hall–Kier alpha value is -1.36. The van der Waals surface area contributed by atoms with Crippen LogP contribution in [0.5, 0.6) is 0 Å². The summed E-state index contributed by atoms with van der Waals surface area (Å²) in [4.78, 5) is 4.40. The summed E-state index contributed by atoms with van der Waals surface area (Å²) < 4.78 is 11.7. The van der Waals surface area contributed by atoms with Gasteiger partial charge < -0.3 is 11.1 Å². The van der Waals surface area contributed by atoms with Crippen molar-refractivity contribution >= 4 is 22.4 Å². The van der Waals surface area contributed by atoms with E-state index in [-0.39, 0.29) is 4.75 Å². The van der Waals surface area contributed by atoms with Crippen molar-refractivity contribution < 1.29 is 4.21 Å². The molecule has 1 aliphatic rings. The lowest BCUT2D eigenvalue weighted by Crippen LogP contribution is -2.44. The Bertz CT molecular complexity index is 550. The third-order valence-electron chi connectivity index (χ3n) is 4.24. The van der Waals surface area contributed by atoms with E-state index < -0.39 is 10.8 Å². The molecule has 1 unspecified atom stereocenters. The van der Waals surface area contributed by atoms with Gasteiger partial charge >= 0.3 is 0 Å². The molecule has 0 bridgehead atoms. The second-order valence-corrected chi connectivity index (χ2v) is 7.87. The fourth-order valence-electron chi connectivity index (χ4n) is 2.50. The average Bonchev–Trinajstić information content (AvgIpc) is 2.37. The van der Waals surface area contributed by atoms with Gasteiger partial charge in [-0.15, -0.1) is 0 Å². The van der Waals surface area contributed by atoms with Crippen molar-refractivity contribution in [2.45, 2.75) is 43.8 Å². The van der Waals surface area contributed by atoms with E-state index in [9.17, 15) is 4.21 Å². The van der Waals surface area contributed by atoms with Crippen LogP contribution in [0.1, 0.15) is 44.6 Å². The van der Waals surface area contributed by atoms with Gasteiger partial charge in [-0.05, 0) is 36.5 Å². The van der Waals surface area contributed by atoms with Crippen molar-refractivity contribution in [2.24, 2.45) is 10.7 Å². The van der Waals surface area contributed by atoms with Crippen LogP contribution in [0.25, 0.3) is 0 Å². The number of benzene rings is 1. The van der Waals surface area contributed by atoms with Crippen molar-refractivity contribution in [3.63, 3.8) is 0 Å². The average molecular weight is 307 g/mol. The molecule has 0 radical (unpaired) electrons. The van der Waals surface area contributed by atoms with Crippen molar-refractivity contribution in [3.8, 4) is 0 Å². The molecule has 0 aliphatic heterocycles. The number of rotatable bonds is 5. The fraction of sp³-hybridized carbons (Fsp3) is 0.562. The first-order chi connectivity index (χ1) is 9.93. The Morgan fingerprint density at radius 1 is 1.48 bits per heavy atom. The highest BCUT2D eigenvalue weighted by molar-refractivity contribution is 7.85. The zero-order valence-corrected chi connectivity index (χ0v) is 13.9. The highest BCUT2D eigenvalue weighted by atomic mass is 32.2. The van der Waals surface area contributed by atoms with E-state index in [4.69, 9.17) is 5.73 Å². The molecule has 1 atom stereocenters. The van der Waals surface area contributed by atoms with Crippen LogP contribution in [0.3, 0.4) is 0 Å². The van der Waals surface area contributed by atoms with Crippen molar-refractivity contribution in [2.75, 3.05) is 18.1 Å². The summed E-state index contributed by atoms with van der Waals surface area (Å²) >= 11 is 0. The summed E-state index contributed by atoms with van der Waals surface area (Å²) in [6, 6.07) is 8.18. The minimum Gasteiger partial charge on any atom is -0.370 e. The summed E-state index contributed by atoms with van der Waals surface area (Å²) in [7, 11) is -0.845. The lowest BCUT2D eigenvalue weighted by molar-refractivity contribution is 0.361. The van der Waals surface area contributed by atoms with Gasteiger partial charge in [0.25, 0.3) is 0 Å². The molecule has 0 spiro atoms. The lowest BCUT2D eigenvalue weighted by Gasteiger charge is -2.38. The van der Waals surface area contributed by atoms with Gasteiger partial charge in [0.1, 0.15) is 0 Å². The summed E-state index contributed by atoms with van der Waals surface area (Å²) in [5.74, 6) is 0.873. The highest BCUT2D eigenvalue weighted by Gasteiger charge is 2.40. The molecule has 21 heavy (non-hydrogen) atoms. The minimum absolute atomic E-state index is 0.147. The van der Waals surface area contributed by atoms with E-state index in [2.05, 4.69) is 36.3 Å². The first-order valence-electron chi connectivity index (χ1n) is 7.43. The van der Waals surface area contributed by atoms with E-state index in [1.165, 1.54) is 5.56 Å². The topological polar surface area (TPSA) is 67.5 Å². The summed E-state index contributed by atoms with van der Waals surface area (Å²) in [6.45, 7) is 4.86. The number of aliphatic imine (C=N–C) groups is 1. The van der Waals surface area contributed by atoms with E-state index in [0.29, 0.717) is 18.4 Å². The van der Waals surface area contributed by atoms with Gasteiger partial charge in [-0.2, -0.15) is 0 Å². The normalized spacial score (nSPS) is 19.1. The molecule has 0 amide bonds. The van der Waals surface area contributed by atoms with Crippen LogP contribution >= 0.6 is 0 Å². The lowest BCUT2D eigenvalue weighted by atomic mass is 9.84. The number of guanidine groups is 1. The van der Waals surface area contributed by atoms with Gasteiger partial charge in [-0.3, -0.25) is 9.20 Å². The molecule has 3 N–H and O–H groups in total. The van der Waals surface area contributed by atoms with Gasteiger partial charge in [0.15, 0.2) is 5.96 Å². The maximum absolute atomic E-state index is 11.8. The second kappa shape index (κ2) is 6.60. The molecule has 1 saturated carbocycles. The summed E-state index contributed by atoms with van der Waals surface area (Å²) in [5, 5.41) is 3.13. The fourth-order valence-corrected chi connectivity index (χ4v) is 3.61. The van der Waals surface area contributed by atoms with Gasteiger partial charge in [0, 0.05) is 22.7 Å². The van der Waals surface area contributed by atoms with E-state index in [1.54, 1.807) is 6.26 Å². The Morgan fingerprint density at radius 3 is 2.71 bits per heavy atom. The van der Waals surface area contributed by atoms with E-state index in [1.807, 2.05) is 12.1 Å². The summed E-state index contributed by atoms with van der Waals surface area (Å²) in [5.41, 5.74) is 8.17. The Labute approximate surface area is 129 Å². The monoisotopic (exact) mass is 307 g/mol. The number of nitrogens with one attached hydrogen (secondary N) is 1. The predicted octanol–water partition coefficient (Wildman–Crippen LogP) is 2.84. The largest absolute Gasteiger partial charge is 0.370 e. The quantitative estimate of drug-likeness (QED) is 0.649. The van der Waals surface area contributed by atoms with Gasteiger partial charge in [-0.25, -0.2) is 0 Å². The molecule has 0 aromatic heterocycles. The maximum atomic E-state index is 11.8. The first kappa shape index (κ1) is 16.0. The van der Waals surface area contributed by atoms with Crippen LogP contribution < -0.4 is 11.1 Å². The van der Waals surface area contributed by atoms with Crippen LogP contribution in [-0.2, 0) is 10.8 Å². The molecule has 116 valence electrons. The standard InChI is InChI=1S/C16H25N3OS/c1-12(2)13-6-4-7-14(10-13)19-15(17)18-11-16(21(3)20)8-5-9-16/h4,6-7,10,12H,5,8-9,11H2,1-3H3,(H3,17,18,19). The number of hydrogen-bond donors (Lipinski definition) is 2. The molecule has 1 aromatic carbocycles. The highest BCUT2D eigenvalue weighted by Crippen LogP contribution is 2.37. The number of anilines is 1. The molecular formula is C16H25N3OS. The van der Waals surface area contributed by atoms with Crippen LogP contribution in [0.4, 0.5) is 5.69 Å². The minimum atomic E-state index is -0.845. The molecule has 1 aromatic rings. The van der Waals surface area contributed by atoms with Gasteiger partial charge in [-0.1, -0.05) is 32.4 Å². The number of nitrogens with two attached hydrogens (primary N) is 1. The third-order valence-corrected chi connectivity index (χ3v) is 5.99. The van der Waals surface area contributed by atoms with Crippen LogP contribution in [-0.4, -0.2) is 27.7 Å². The third kappa shape index (κ3) is 3.84. The van der Waals surface area contributed by atoms with Gasteiger partial charge in [0.2, 0.25) is 0 Å². The maximum Gasteiger partial charge on any atom is 0.193 e. The molecule has 0 saturated heterocycles. The van der Waals surface area contributed by atoms with Crippen LogP contribution in [0.2, 0.25) is 0 Å². The Morgan fingerprint density at radius 2 is 2.19 bits per heavy atom. The molecule has 5 heteroatoms. The molecular weight excluding hydrogens is 282 g/mol. The molecule has 2 rings (SSSR count). The van der Waals surface area contributed by atoms with E-state index >= 15 is 0 Å². The summed E-state index contributed by atoms with van der Waals surface area (Å²) in [6.07, 6.45) is 4.87.